The van der Waals surface area contributed by atoms with Gasteiger partial charge in [-0.25, -0.2) is 4.98 Å². The number of hydrogen-bond donors (Lipinski definition) is 2. The van der Waals surface area contributed by atoms with Gasteiger partial charge < -0.3 is 10.4 Å². The predicted octanol–water partition coefficient (Wildman–Crippen LogP) is 3.60. The standard InChI is InChI=1S/C20H19F3N4O2/c1-3-15(11(2)28)27-19(29)17-10-25-16-9-24-8-14(18(16)26-17)12-4-6-13(7-5-12)20(21,22)23/h4-11,15,28H,3H2,1-2H3,(H,27,29). The molecule has 2 N–H and O–H groups in total. The Morgan fingerprint density at radius 2 is 1.86 bits per heavy atom. The monoisotopic (exact) mass is 404 g/mol. The second kappa shape index (κ2) is 8.12. The van der Waals surface area contributed by atoms with Crippen LogP contribution in [0.15, 0.2) is 42.9 Å². The van der Waals surface area contributed by atoms with Crippen molar-refractivity contribution in [2.45, 2.75) is 38.6 Å². The van der Waals surface area contributed by atoms with Crippen LogP contribution in [0, 0.1) is 0 Å². The van der Waals surface area contributed by atoms with Crippen LogP contribution in [-0.2, 0) is 6.18 Å². The SMILES string of the molecule is CCC(NC(=O)c1cnc2cncc(-c3ccc(C(F)(F)F)cc3)c2n1)C(C)O. The highest BCUT2D eigenvalue weighted by molar-refractivity contribution is 5.96. The van der Waals surface area contributed by atoms with E-state index in [2.05, 4.69) is 20.3 Å². The van der Waals surface area contributed by atoms with E-state index in [0.717, 1.165) is 12.1 Å². The van der Waals surface area contributed by atoms with Gasteiger partial charge in [0.2, 0.25) is 0 Å². The van der Waals surface area contributed by atoms with Gasteiger partial charge in [-0.15, -0.1) is 0 Å². The van der Waals surface area contributed by atoms with E-state index in [1.807, 2.05) is 6.92 Å². The minimum atomic E-state index is -4.43. The minimum Gasteiger partial charge on any atom is -0.391 e. The number of aromatic nitrogens is 3. The molecular weight excluding hydrogens is 385 g/mol. The molecule has 29 heavy (non-hydrogen) atoms. The van der Waals surface area contributed by atoms with Crippen molar-refractivity contribution in [3.05, 3.63) is 54.1 Å². The van der Waals surface area contributed by atoms with Crippen molar-refractivity contribution in [3.63, 3.8) is 0 Å². The molecule has 1 aromatic carbocycles. The first-order valence-corrected chi connectivity index (χ1v) is 8.98. The first-order chi connectivity index (χ1) is 13.7. The Labute approximate surface area is 164 Å². The van der Waals surface area contributed by atoms with Gasteiger partial charge in [0.25, 0.3) is 5.91 Å². The third kappa shape index (κ3) is 4.51. The molecule has 0 spiro atoms. The average Bonchev–Trinajstić information content (AvgIpc) is 2.70. The van der Waals surface area contributed by atoms with Gasteiger partial charge in [-0.1, -0.05) is 19.1 Å². The molecule has 2 atom stereocenters. The third-order valence-electron chi connectivity index (χ3n) is 4.55. The summed E-state index contributed by atoms with van der Waals surface area (Å²) in [5.41, 5.74) is 0.957. The lowest BCUT2D eigenvalue weighted by Gasteiger charge is -2.19. The van der Waals surface area contributed by atoms with E-state index in [1.54, 1.807) is 6.92 Å². The fraction of sp³-hybridized carbons (Fsp3) is 0.300. The van der Waals surface area contributed by atoms with E-state index in [9.17, 15) is 23.1 Å². The number of fused-ring (bicyclic) bond motifs is 1. The molecule has 2 unspecified atom stereocenters. The summed E-state index contributed by atoms with van der Waals surface area (Å²) in [6, 6.07) is 4.17. The smallest absolute Gasteiger partial charge is 0.391 e. The van der Waals surface area contributed by atoms with Gasteiger partial charge in [0.05, 0.1) is 30.1 Å². The molecule has 2 heterocycles. The van der Waals surface area contributed by atoms with Crippen LogP contribution < -0.4 is 5.32 Å². The van der Waals surface area contributed by atoms with Gasteiger partial charge in [-0.05, 0) is 31.0 Å². The molecule has 3 rings (SSSR count). The van der Waals surface area contributed by atoms with Crippen molar-refractivity contribution in [2.75, 3.05) is 0 Å². The van der Waals surface area contributed by atoms with E-state index in [1.165, 1.54) is 30.7 Å². The maximum atomic E-state index is 12.8. The number of halogens is 3. The van der Waals surface area contributed by atoms with Crippen molar-refractivity contribution in [1.82, 2.24) is 20.3 Å². The molecule has 0 bridgehead atoms. The van der Waals surface area contributed by atoms with Crippen molar-refractivity contribution < 1.29 is 23.1 Å². The Morgan fingerprint density at radius 3 is 2.45 bits per heavy atom. The largest absolute Gasteiger partial charge is 0.416 e. The number of carbonyl (C=O) groups is 1. The van der Waals surface area contributed by atoms with Crippen LogP contribution >= 0.6 is 0 Å². The second-order valence-electron chi connectivity index (χ2n) is 6.61. The quantitative estimate of drug-likeness (QED) is 0.678. The predicted molar refractivity (Wildman–Crippen MR) is 101 cm³/mol. The van der Waals surface area contributed by atoms with Crippen molar-refractivity contribution >= 4 is 16.9 Å². The van der Waals surface area contributed by atoms with Gasteiger partial charge in [-0.3, -0.25) is 14.8 Å². The highest BCUT2D eigenvalue weighted by Gasteiger charge is 2.30. The molecule has 2 aromatic heterocycles. The molecule has 152 valence electrons. The molecule has 0 aliphatic rings. The number of nitrogens with one attached hydrogen (secondary N) is 1. The fourth-order valence-corrected chi connectivity index (χ4v) is 2.90. The maximum Gasteiger partial charge on any atom is 0.416 e. The van der Waals surface area contributed by atoms with Gasteiger partial charge in [-0.2, -0.15) is 13.2 Å². The minimum absolute atomic E-state index is 0.0379. The van der Waals surface area contributed by atoms with Crippen LogP contribution in [0.3, 0.4) is 0 Å². The Bertz CT molecular complexity index is 1020. The lowest BCUT2D eigenvalue weighted by molar-refractivity contribution is -0.137. The number of benzene rings is 1. The summed E-state index contributed by atoms with van der Waals surface area (Å²) in [5.74, 6) is -0.498. The number of aliphatic hydroxyl groups excluding tert-OH is 1. The fourth-order valence-electron chi connectivity index (χ4n) is 2.90. The zero-order chi connectivity index (χ0) is 21.2. The molecule has 3 aromatic rings. The highest BCUT2D eigenvalue weighted by Crippen LogP contribution is 2.32. The van der Waals surface area contributed by atoms with E-state index in [-0.39, 0.29) is 5.69 Å². The van der Waals surface area contributed by atoms with Crippen LogP contribution in [-0.4, -0.2) is 38.1 Å². The molecular formula is C20H19F3N4O2. The average molecular weight is 404 g/mol. The maximum absolute atomic E-state index is 12.8. The summed E-state index contributed by atoms with van der Waals surface area (Å²) in [4.78, 5) is 25.1. The van der Waals surface area contributed by atoms with Crippen LogP contribution in [0.25, 0.3) is 22.2 Å². The number of rotatable bonds is 5. The molecule has 9 heteroatoms. The topological polar surface area (TPSA) is 88.0 Å². The Balaban J connectivity index is 1.99. The summed E-state index contributed by atoms with van der Waals surface area (Å²) in [6.45, 7) is 3.41. The Kier molecular flexibility index (Phi) is 5.78. The number of alkyl halides is 3. The van der Waals surface area contributed by atoms with E-state index in [0.29, 0.717) is 28.6 Å². The number of aliphatic hydroxyl groups is 1. The van der Waals surface area contributed by atoms with Gasteiger partial charge in [0.1, 0.15) is 16.7 Å². The zero-order valence-electron chi connectivity index (χ0n) is 15.7. The van der Waals surface area contributed by atoms with Gasteiger partial charge in [0, 0.05) is 11.8 Å². The van der Waals surface area contributed by atoms with Crippen LogP contribution in [0.2, 0.25) is 0 Å². The lowest BCUT2D eigenvalue weighted by Crippen LogP contribution is -2.41. The Morgan fingerprint density at radius 1 is 1.17 bits per heavy atom. The summed E-state index contributed by atoms with van der Waals surface area (Å²) in [6.07, 6.45) is -0.409. The number of nitrogens with zero attached hydrogens (tertiary/aromatic N) is 3. The lowest BCUT2D eigenvalue weighted by atomic mass is 10.0. The molecule has 0 saturated heterocycles. The van der Waals surface area contributed by atoms with Crippen molar-refractivity contribution in [2.24, 2.45) is 0 Å². The van der Waals surface area contributed by atoms with E-state index < -0.39 is 29.8 Å². The molecule has 0 aliphatic carbocycles. The van der Waals surface area contributed by atoms with Crippen LogP contribution in [0.4, 0.5) is 13.2 Å². The molecule has 0 radical (unpaired) electrons. The molecule has 0 saturated carbocycles. The summed E-state index contributed by atoms with van der Waals surface area (Å²) in [5, 5.41) is 12.4. The van der Waals surface area contributed by atoms with E-state index >= 15 is 0 Å². The number of amides is 1. The highest BCUT2D eigenvalue weighted by atomic mass is 19.4. The van der Waals surface area contributed by atoms with Crippen molar-refractivity contribution in [1.29, 1.82) is 0 Å². The number of carbonyl (C=O) groups excluding carboxylic acids is 1. The summed E-state index contributed by atoms with van der Waals surface area (Å²) >= 11 is 0. The van der Waals surface area contributed by atoms with E-state index in [4.69, 9.17) is 0 Å². The first-order valence-electron chi connectivity index (χ1n) is 8.98. The molecule has 1 amide bonds. The Hall–Kier alpha value is -3.07. The second-order valence-corrected chi connectivity index (χ2v) is 6.61. The molecule has 0 aliphatic heterocycles. The zero-order valence-corrected chi connectivity index (χ0v) is 15.7. The van der Waals surface area contributed by atoms with Gasteiger partial charge >= 0.3 is 6.18 Å². The van der Waals surface area contributed by atoms with Crippen molar-refractivity contribution in [3.8, 4) is 11.1 Å². The van der Waals surface area contributed by atoms with Crippen LogP contribution in [0.1, 0.15) is 36.3 Å². The normalized spacial score (nSPS) is 13.9. The molecule has 0 fully saturated rings. The van der Waals surface area contributed by atoms with Crippen LogP contribution in [0.5, 0.6) is 0 Å². The third-order valence-corrected chi connectivity index (χ3v) is 4.55. The molecule has 6 nitrogen and oxygen atoms in total. The van der Waals surface area contributed by atoms with Gasteiger partial charge in [0.15, 0.2) is 0 Å². The number of hydrogen-bond acceptors (Lipinski definition) is 5. The first kappa shape index (κ1) is 20.7. The summed E-state index contributed by atoms with van der Waals surface area (Å²) < 4.78 is 38.4. The summed E-state index contributed by atoms with van der Waals surface area (Å²) in [7, 11) is 0. The number of pyridine rings is 1.